The summed E-state index contributed by atoms with van der Waals surface area (Å²) in [4.78, 5) is 11.6. The van der Waals surface area contributed by atoms with Gasteiger partial charge in [-0.15, -0.1) is 0 Å². The Balaban J connectivity index is 2.53. The van der Waals surface area contributed by atoms with Gasteiger partial charge in [-0.3, -0.25) is 9.48 Å². The van der Waals surface area contributed by atoms with Gasteiger partial charge in [0.1, 0.15) is 6.04 Å². The Kier molecular flexibility index (Phi) is 4.15. The van der Waals surface area contributed by atoms with Crippen LogP contribution < -0.4 is 5.32 Å². The van der Waals surface area contributed by atoms with Gasteiger partial charge in [-0.1, -0.05) is 25.4 Å². The van der Waals surface area contributed by atoms with Crippen LogP contribution in [0.1, 0.15) is 26.8 Å². The Morgan fingerprint density at radius 3 is 2.73 bits per heavy atom. The van der Waals surface area contributed by atoms with Crippen molar-refractivity contribution in [2.24, 2.45) is 5.92 Å². The summed E-state index contributed by atoms with van der Waals surface area (Å²) in [5.74, 6) is 0.408. The lowest BCUT2D eigenvalue weighted by Crippen LogP contribution is -2.33. The van der Waals surface area contributed by atoms with E-state index in [1.165, 1.54) is 6.20 Å². The molecule has 1 atom stereocenters. The minimum Gasteiger partial charge on any atom is -0.354 e. The monoisotopic (exact) mass is 229 g/mol. The molecule has 1 N–H and O–H groups in total. The summed E-state index contributed by atoms with van der Waals surface area (Å²) in [5.41, 5.74) is 0. The molecule has 0 aliphatic carbocycles. The molecule has 0 aromatic carbocycles. The third-order valence-corrected chi connectivity index (χ3v) is 2.23. The average Bonchev–Trinajstić information content (AvgIpc) is 2.60. The third-order valence-electron chi connectivity index (χ3n) is 2.03. The lowest BCUT2D eigenvalue weighted by Gasteiger charge is -2.13. The second-order valence-corrected chi connectivity index (χ2v) is 4.39. The summed E-state index contributed by atoms with van der Waals surface area (Å²) in [5, 5.41) is 7.37. The molecule has 1 heterocycles. The van der Waals surface area contributed by atoms with Crippen molar-refractivity contribution < 1.29 is 4.79 Å². The van der Waals surface area contributed by atoms with Crippen molar-refractivity contribution in [2.75, 3.05) is 6.54 Å². The van der Waals surface area contributed by atoms with Crippen molar-refractivity contribution in [2.45, 2.75) is 26.8 Å². The van der Waals surface area contributed by atoms with Crippen molar-refractivity contribution in [3.05, 3.63) is 17.4 Å². The molecule has 15 heavy (non-hydrogen) atoms. The number of nitrogens with zero attached hydrogens (tertiary/aromatic N) is 2. The number of halogens is 1. The van der Waals surface area contributed by atoms with Crippen LogP contribution in [-0.4, -0.2) is 22.2 Å². The first-order valence-corrected chi connectivity index (χ1v) is 5.36. The average molecular weight is 230 g/mol. The second kappa shape index (κ2) is 5.16. The van der Waals surface area contributed by atoms with Gasteiger partial charge >= 0.3 is 0 Å². The third kappa shape index (κ3) is 3.55. The van der Waals surface area contributed by atoms with Crippen molar-refractivity contribution in [3.8, 4) is 0 Å². The second-order valence-electron chi connectivity index (χ2n) is 3.95. The van der Waals surface area contributed by atoms with Crippen LogP contribution in [0.3, 0.4) is 0 Å². The number of rotatable bonds is 4. The molecule has 5 heteroatoms. The molecule has 0 aliphatic heterocycles. The van der Waals surface area contributed by atoms with Crippen molar-refractivity contribution >= 4 is 17.5 Å². The lowest BCUT2D eigenvalue weighted by atomic mass is 10.2. The highest BCUT2D eigenvalue weighted by Gasteiger charge is 2.15. The first-order valence-electron chi connectivity index (χ1n) is 4.98. The van der Waals surface area contributed by atoms with Crippen LogP contribution in [0.25, 0.3) is 0 Å². The normalized spacial score (nSPS) is 12.9. The Hall–Kier alpha value is -1.03. The molecule has 0 spiro atoms. The first kappa shape index (κ1) is 12.0. The molecule has 1 aromatic heterocycles. The predicted octanol–water partition coefficient (Wildman–Crippen LogP) is 1.87. The number of carbonyl (C=O) groups is 1. The maximum absolute atomic E-state index is 11.6. The van der Waals surface area contributed by atoms with Crippen LogP contribution in [0.2, 0.25) is 5.02 Å². The summed E-state index contributed by atoms with van der Waals surface area (Å²) in [6.07, 6.45) is 3.16. The van der Waals surface area contributed by atoms with E-state index in [-0.39, 0.29) is 11.9 Å². The minimum atomic E-state index is -0.323. The fourth-order valence-electron chi connectivity index (χ4n) is 1.10. The van der Waals surface area contributed by atoms with Crippen molar-refractivity contribution in [1.29, 1.82) is 0 Å². The van der Waals surface area contributed by atoms with E-state index in [0.29, 0.717) is 17.5 Å². The van der Waals surface area contributed by atoms with E-state index in [1.54, 1.807) is 17.8 Å². The van der Waals surface area contributed by atoms with E-state index in [4.69, 9.17) is 11.6 Å². The summed E-state index contributed by atoms with van der Waals surface area (Å²) in [6.45, 7) is 6.57. The molecule has 0 radical (unpaired) electrons. The van der Waals surface area contributed by atoms with Crippen LogP contribution in [0.4, 0.5) is 0 Å². The molecule has 4 nitrogen and oxygen atoms in total. The molecule has 0 bridgehead atoms. The van der Waals surface area contributed by atoms with E-state index in [2.05, 4.69) is 24.3 Å². The Labute approximate surface area is 94.6 Å². The van der Waals surface area contributed by atoms with Gasteiger partial charge in [-0.25, -0.2) is 0 Å². The van der Waals surface area contributed by atoms with E-state index in [0.717, 1.165) is 0 Å². The van der Waals surface area contributed by atoms with Crippen LogP contribution >= 0.6 is 11.6 Å². The topological polar surface area (TPSA) is 46.9 Å². The number of hydrogen-bond acceptors (Lipinski definition) is 2. The van der Waals surface area contributed by atoms with Gasteiger partial charge in [-0.05, 0) is 12.8 Å². The SMILES string of the molecule is CC(C)CNC(=O)C(C)n1cc(Cl)cn1. The van der Waals surface area contributed by atoms with Gasteiger partial charge in [-0.2, -0.15) is 5.10 Å². The number of aromatic nitrogens is 2. The van der Waals surface area contributed by atoms with Crippen LogP contribution in [0.5, 0.6) is 0 Å². The van der Waals surface area contributed by atoms with Gasteiger partial charge in [0.2, 0.25) is 5.91 Å². The predicted molar refractivity (Wildman–Crippen MR) is 59.8 cm³/mol. The van der Waals surface area contributed by atoms with E-state index >= 15 is 0 Å². The summed E-state index contributed by atoms with van der Waals surface area (Å²) in [7, 11) is 0. The van der Waals surface area contributed by atoms with Gasteiger partial charge in [0.15, 0.2) is 0 Å². The molecule has 84 valence electrons. The number of nitrogens with one attached hydrogen (secondary N) is 1. The van der Waals surface area contributed by atoms with Gasteiger partial charge in [0.05, 0.1) is 11.2 Å². The van der Waals surface area contributed by atoms with E-state index < -0.39 is 0 Å². The van der Waals surface area contributed by atoms with Crippen molar-refractivity contribution in [1.82, 2.24) is 15.1 Å². The van der Waals surface area contributed by atoms with E-state index in [1.807, 2.05) is 0 Å². The molecule has 0 saturated heterocycles. The molecule has 1 rings (SSSR count). The summed E-state index contributed by atoms with van der Waals surface area (Å²) in [6, 6.07) is -0.323. The fraction of sp³-hybridized carbons (Fsp3) is 0.600. The zero-order chi connectivity index (χ0) is 11.4. The summed E-state index contributed by atoms with van der Waals surface area (Å²) >= 11 is 5.72. The van der Waals surface area contributed by atoms with E-state index in [9.17, 15) is 4.79 Å². The maximum Gasteiger partial charge on any atom is 0.244 e. The van der Waals surface area contributed by atoms with Gasteiger partial charge in [0.25, 0.3) is 0 Å². The van der Waals surface area contributed by atoms with Gasteiger partial charge in [0, 0.05) is 12.7 Å². The van der Waals surface area contributed by atoms with Crippen LogP contribution in [-0.2, 0) is 4.79 Å². The largest absolute Gasteiger partial charge is 0.354 e. The van der Waals surface area contributed by atoms with Crippen LogP contribution in [0, 0.1) is 5.92 Å². The highest BCUT2D eigenvalue weighted by molar-refractivity contribution is 6.30. The highest BCUT2D eigenvalue weighted by atomic mass is 35.5. The molecule has 0 fully saturated rings. The van der Waals surface area contributed by atoms with Gasteiger partial charge < -0.3 is 5.32 Å². The zero-order valence-electron chi connectivity index (χ0n) is 9.20. The smallest absolute Gasteiger partial charge is 0.244 e. The maximum atomic E-state index is 11.6. The number of hydrogen-bond donors (Lipinski definition) is 1. The lowest BCUT2D eigenvalue weighted by molar-refractivity contribution is -0.124. The Bertz CT molecular complexity index is 335. The summed E-state index contributed by atoms with van der Waals surface area (Å²) < 4.78 is 1.55. The van der Waals surface area contributed by atoms with Crippen molar-refractivity contribution in [3.63, 3.8) is 0 Å². The molecule has 0 aliphatic rings. The number of amides is 1. The molecule has 0 saturated carbocycles. The molecular formula is C10H16ClN3O. The standard InChI is InChI=1S/C10H16ClN3O/c1-7(2)4-12-10(15)8(3)14-6-9(11)5-13-14/h5-8H,4H2,1-3H3,(H,12,15). The molecule has 1 unspecified atom stereocenters. The van der Waals surface area contributed by atoms with Crippen LogP contribution in [0.15, 0.2) is 12.4 Å². The molecular weight excluding hydrogens is 214 g/mol. The Morgan fingerprint density at radius 2 is 2.27 bits per heavy atom. The molecule has 1 amide bonds. The Morgan fingerprint density at radius 1 is 1.60 bits per heavy atom. The quantitative estimate of drug-likeness (QED) is 0.857. The zero-order valence-corrected chi connectivity index (χ0v) is 9.95. The molecule has 1 aromatic rings. The fourth-order valence-corrected chi connectivity index (χ4v) is 1.24. The number of carbonyl (C=O) groups excluding carboxylic acids is 1. The minimum absolute atomic E-state index is 0.0385. The highest BCUT2D eigenvalue weighted by Crippen LogP contribution is 2.10. The first-order chi connectivity index (χ1) is 7.00.